The number of hydrogen-bond acceptors (Lipinski definition) is 6. The third kappa shape index (κ3) is 3.01. The maximum atomic E-state index is 12.5. The lowest BCUT2D eigenvalue weighted by atomic mass is 10.2. The second-order valence-electron chi connectivity index (χ2n) is 5.29. The molecule has 0 saturated carbocycles. The quantitative estimate of drug-likeness (QED) is 0.564. The fraction of sp³-hybridized carbons (Fsp3) is 0.111. The summed E-state index contributed by atoms with van der Waals surface area (Å²) in [5.74, 6) is 1.32. The van der Waals surface area contributed by atoms with Crippen LogP contribution in [-0.4, -0.2) is 26.2 Å². The first-order valence-corrected chi connectivity index (χ1v) is 8.61. The van der Waals surface area contributed by atoms with Crippen molar-refractivity contribution in [2.75, 3.05) is 6.61 Å². The van der Waals surface area contributed by atoms with Crippen molar-refractivity contribution in [1.29, 1.82) is 0 Å². The van der Waals surface area contributed by atoms with Crippen molar-refractivity contribution < 1.29 is 4.74 Å². The van der Waals surface area contributed by atoms with Gasteiger partial charge in [-0.1, -0.05) is 17.4 Å². The first-order valence-electron chi connectivity index (χ1n) is 7.79. The Morgan fingerprint density at radius 2 is 2.08 bits per heavy atom. The Bertz CT molecular complexity index is 1120. The van der Waals surface area contributed by atoms with Gasteiger partial charge in [-0.05, 0) is 48.9 Å². The molecule has 3 aromatic heterocycles. The van der Waals surface area contributed by atoms with E-state index in [1.54, 1.807) is 18.5 Å². The number of ether oxygens (including phenoxy) is 1. The van der Waals surface area contributed by atoms with E-state index in [0.29, 0.717) is 21.9 Å². The number of thiazole rings is 1. The smallest absolute Gasteiger partial charge is 0.291 e. The Morgan fingerprint density at radius 3 is 2.76 bits per heavy atom. The maximum absolute atomic E-state index is 12.5. The normalized spacial score (nSPS) is 12.0. The monoisotopic (exact) mass is 350 g/mol. The van der Waals surface area contributed by atoms with E-state index < -0.39 is 0 Å². The summed E-state index contributed by atoms with van der Waals surface area (Å²) in [5, 5.41) is 4.35. The third-order valence-electron chi connectivity index (χ3n) is 3.59. The molecule has 6 nitrogen and oxygen atoms in total. The second-order valence-corrected chi connectivity index (χ2v) is 6.30. The molecule has 0 N–H and O–H groups in total. The van der Waals surface area contributed by atoms with Crippen LogP contribution in [-0.2, 0) is 0 Å². The maximum Gasteiger partial charge on any atom is 0.291 e. The summed E-state index contributed by atoms with van der Waals surface area (Å²) >= 11 is 1.31. The number of hydrogen-bond donors (Lipinski definition) is 0. The number of benzene rings is 1. The zero-order valence-electron chi connectivity index (χ0n) is 13.4. The predicted molar refractivity (Wildman–Crippen MR) is 96.8 cm³/mol. The van der Waals surface area contributed by atoms with Gasteiger partial charge in [-0.25, -0.2) is 0 Å². The van der Waals surface area contributed by atoms with E-state index in [9.17, 15) is 4.79 Å². The first-order chi connectivity index (χ1) is 12.2. The van der Waals surface area contributed by atoms with Gasteiger partial charge in [0.15, 0.2) is 5.82 Å². The average molecular weight is 350 g/mol. The second kappa shape index (κ2) is 6.45. The number of pyridine rings is 1. The fourth-order valence-electron chi connectivity index (χ4n) is 2.44. The largest absolute Gasteiger partial charge is 0.494 e. The van der Waals surface area contributed by atoms with Crippen LogP contribution in [0.4, 0.5) is 0 Å². The van der Waals surface area contributed by atoms with Crippen LogP contribution < -0.4 is 14.8 Å². The molecule has 0 atom stereocenters. The van der Waals surface area contributed by atoms with E-state index in [-0.39, 0.29) is 5.56 Å². The van der Waals surface area contributed by atoms with Gasteiger partial charge in [-0.15, -0.1) is 5.10 Å². The van der Waals surface area contributed by atoms with Crippen LogP contribution in [0.2, 0.25) is 0 Å². The summed E-state index contributed by atoms with van der Waals surface area (Å²) in [5.41, 5.74) is 1.54. The number of fused-ring (bicyclic) bond motifs is 1. The van der Waals surface area contributed by atoms with E-state index in [4.69, 9.17) is 4.74 Å². The lowest BCUT2D eigenvalue weighted by Gasteiger charge is -2.02. The van der Waals surface area contributed by atoms with Crippen LogP contribution in [0, 0.1) is 0 Å². The van der Waals surface area contributed by atoms with Gasteiger partial charge in [0.05, 0.1) is 11.1 Å². The van der Waals surface area contributed by atoms with Crippen LogP contribution in [0.15, 0.2) is 53.6 Å². The van der Waals surface area contributed by atoms with Crippen molar-refractivity contribution in [3.63, 3.8) is 0 Å². The van der Waals surface area contributed by atoms with Gasteiger partial charge < -0.3 is 4.74 Å². The van der Waals surface area contributed by atoms with E-state index in [1.807, 2.05) is 43.3 Å². The van der Waals surface area contributed by atoms with Crippen molar-refractivity contribution in [3.05, 3.63) is 69.2 Å². The average Bonchev–Trinajstić information content (AvgIpc) is 3.17. The highest BCUT2D eigenvalue weighted by Gasteiger charge is 2.12. The minimum atomic E-state index is -0.173. The number of rotatable bonds is 4. The Kier molecular flexibility index (Phi) is 3.99. The molecule has 0 aliphatic carbocycles. The minimum Gasteiger partial charge on any atom is -0.494 e. The lowest BCUT2D eigenvalue weighted by molar-refractivity contribution is 0.340. The van der Waals surface area contributed by atoms with Crippen molar-refractivity contribution >= 4 is 22.4 Å². The molecule has 0 aliphatic rings. The van der Waals surface area contributed by atoms with Gasteiger partial charge >= 0.3 is 0 Å². The highest BCUT2D eigenvalue weighted by atomic mass is 32.1. The van der Waals surface area contributed by atoms with Gasteiger partial charge in [0.25, 0.3) is 5.56 Å². The third-order valence-corrected chi connectivity index (χ3v) is 4.55. The Morgan fingerprint density at radius 1 is 1.24 bits per heavy atom. The predicted octanol–water partition coefficient (Wildman–Crippen LogP) is 2.16. The highest BCUT2D eigenvalue weighted by molar-refractivity contribution is 7.15. The van der Waals surface area contributed by atoms with Gasteiger partial charge in [0.1, 0.15) is 5.75 Å². The summed E-state index contributed by atoms with van der Waals surface area (Å²) in [7, 11) is 0. The van der Waals surface area contributed by atoms with Crippen LogP contribution in [0.3, 0.4) is 0 Å². The zero-order valence-corrected chi connectivity index (χ0v) is 14.2. The molecule has 7 heteroatoms. The summed E-state index contributed by atoms with van der Waals surface area (Å²) in [6, 6.07) is 11.2. The zero-order chi connectivity index (χ0) is 17.2. The molecule has 0 bridgehead atoms. The molecule has 124 valence electrons. The molecule has 0 aliphatic heterocycles. The molecule has 0 amide bonds. The Labute approximate surface area is 147 Å². The summed E-state index contributed by atoms with van der Waals surface area (Å²) < 4.78 is 7.36. The van der Waals surface area contributed by atoms with E-state index in [1.165, 1.54) is 15.9 Å². The van der Waals surface area contributed by atoms with Gasteiger partial charge in [-0.3, -0.25) is 9.78 Å². The molecule has 25 heavy (non-hydrogen) atoms. The highest BCUT2D eigenvalue weighted by Crippen LogP contribution is 2.20. The van der Waals surface area contributed by atoms with Crippen molar-refractivity contribution in [3.8, 4) is 17.1 Å². The topological polar surface area (TPSA) is 69.4 Å². The number of aromatic nitrogens is 4. The standard InChI is InChI=1S/C18H14N4O2S/c1-2-24-14-7-5-13(6-8-14)16-20-18-22(21-16)17(23)15(25-18)10-12-4-3-9-19-11-12/h3-11H,2H2,1H3/b15-10-. The van der Waals surface area contributed by atoms with Crippen molar-refractivity contribution in [2.24, 2.45) is 0 Å². The molecule has 0 unspecified atom stereocenters. The first kappa shape index (κ1) is 15.5. The molecule has 0 fully saturated rings. The van der Waals surface area contributed by atoms with Gasteiger partial charge in [-0.2, -0.15) is 9.50 Å². The lowest BCUT2D eigenvalue weighted by Crippen LogP contribution is -2.23. The van der Waals surface area contributed by atoms with Crippen LogP contribution in [0.25, 0.3) is 22.4 Å². The molecule has 0 spiro atoms. The van der Waals surface area contributed by atoms with Crippen molar-refractivity contribution in [2.45, 2.75) is 6.92 Å². The van der Waals surface area contributed by atoms with E-state index >= 15 is 0 Å². The summed E-state index contributed by atoms with van der Waals surface area (Å²) in [6.45, 7) is 2.56. The van der Waals surface area contributed by atoms with Crippen molar-refractivity contribution in [1.82, 2.24) is 19.6 Å². The van der Waals surface area contributed by atoms with Crippen LogP contribution in [0.1, 0.15) is 12.5 Å². The molecule has 4 rings (SSSR count). The molecule has 4 aromatic rings. The van der Waals surface area contributed by atoms with Gasteiger partial charge in [0, 0.05) is 18.0 Å². The molecule has 0 saturated heterocycles. The van der Waals surface area contributed by atoms with Crippen LogP contribution >= 0.6 is 11.3 Å². The summed E-state index contributed by atoms with van der Waals surface area (Å²) in [6.07, 6.45) is 5.20. The van der Waals surface area contributed by atoms with E-state index in [2.05, 4.69) is 15.1 Å². The fourth-order valence-corrected chi connectivity index (χ4v) is 3.34. The van der Waals surface area contributed by atoms with Crippen LogP contribution in [0.5, 0.6) is 5.75 Å². The van der Waals surface area contributed by atoms with Gasteiger partial charge in [0.2, 0.25) is 4.96 Å². The number of nitrogens with zero attached hydrogens (tertiary/aromatic N) is 4. The Hall–Kier alpha value is -3.06. The molecule has 0 radical (unpaired) electrons. The molecular weight excluding hydrogens is 336 g/mol. The minimum absolute atomic E-state index is 0.173. The molecule has 1 aromatic carbocycles. The Balaban J connectivity index is 1.73. The molecule has 3 heterocycles. The summed E-state index contributed by atoms with van der Waals surface area (Å²) in [4.78, 5) is 21.6. The van der Waals surface area contributed by atoms with E-state index in [0.717, 1.165) is 16.9 Å². The molecular formula is C18H14N4O2S. The SMILES string of the molecule is CCOc1ccc(-c2nc3s/c(=C\c4cccnc4)c(=O)n3n2)cc1.